The molecule has 0 aliphatic heterocycles. The molecule has 0 radical (unpaired) electrons. The molecule has 0 unspecified atom stereocenters. The van der Waals surface area contributed by atoms with Gasteiger partial charge in [-0.1, -0.05) is 0 Å². The third-order valence-electron chi connectivity index (χ3n) is 1.59. The number of rotatable bonds is 2. The second kappa shape index (κ2) is 3.87. The molecular weight excluding hydrogens is 189 g/mol. The van der Waals surface area contributed by atoms with E-state index < -0.39 is 23.0 Å². The standard InChI is InChI=1S/C9H8FNO3/c1-5(13)11-8-3-2-7(10)6(4-12)9(8)14/h2-4,14H,1H3,(H,11,13). The van der Waals surface area contributed by atoms with Crippen LogP contribution >= 0.6 is 0 Å². The lowest BCUT2D eigenvalue weighted by Crippen LogP contribution is -2.07. The van der Waals surface area contributed by atoms with Gasteiger partial charge < -0.3 is 10.4 Å². The van der Waals surface area contributed by atoms with Crippen molar-refractivity contribution in [3.05, 3.63) is 23.5 Å². The second-order valence-electron chi connectivity index (χ2n) is 2.66. The van der Waals surface area contributed by atoms with Gasteiger partial charge in [0.1, 0.15) is 5.82 Å². The zero-order chi connectivity index (χ0) is 10.7. The molecule has 0 aromatic heterocycles. The summed E-state index contributed by atoms with van der Waals surface area (Å²) in [4.78, 5) is 21.0. The summed E-state index contributed by atoms with van der Waals surface area (Å²) in [5.41, 5.74) is -0.447. The molecule has 0 saturated heterocycles. The molecule has 0 spiro atoms. The fourth-order valence-electron chi connectivity index (χ4n) is 0.986. The van der Waals surface area contributed by atoms with Crippen LogP contribution in [0.3, 0.4) is 0 Å². The average Bonchev–Trinajstić information content (AvgIpc) is 2.10. The first-order chi connectivity index (χ1) is 6.56. The van der Waals surface area contributed by atoms with E-state index >= 15 is 0 Å². The SMILES string of the molecule is CC(=O)Nc1ccc(F)c(C=O)c1O. The Kier molecular flexibility index (Phi) is 2.81. The van der Waals surface area contributed by atoms with E-state index in [1.165, 1.54) is 13.0 Å². The number of phenolic OH excluding ortho intramolecular Hbond substituents is 1. The zero-order valence-corrected chi connectivity index (χ0v) is 7.37. The number of hydrogen-bond donors (Lipinski definition) is 2. The molecule has 4 nitrogen and oxygen atoms in total. The van der Waals surface area contributed by atoms with Crippen molar-refractivity contribution in [3.8, 4) is 5.75 Å². The second-order valence-corrected chi connectivity index (χ2v) is 2.66. The lowest BCUT2D eigenvalue weighted by atomic mass is 10.1. The highest BCUT2D eigenvalue weighted by molar-refractivity contribution is 5.93. The first-order valence-electron chi connectivity index (χ1n) is 3.80. The summed E-state index contributed by atoms with van der Waals surface area (Å²) in [5.74, 6) is -1.80. The lowest BCUT2D eigenvalue weighted by Gasteiger charge is -2.06. The summed E-state index contributed by atoms with van der Waals surface area (Å²) in [6.07, 6.45) is 0.190. The smallest absolute Gasteiger partial charge is 0.221 e. The van der Waals surface area contributed by atoms with Crippen LogP contribution < -0.4 is 5.32 Å². The number of carbonyl (C=O) groups is 2. The number of nitrogens with one attached hydrogen (secondary N) is 1. The van der Waals surface area contributed by atoms with E-state index in [0.29, 0.717) is 0 Å². The minimum Gasteiger partial charge on any atom is -0.505 e. The quantitative estimate of drug-likeness (QED) is 0.554. The molecule has 2 N–H and O–H groups in total. The van der Waals surface area contributed by atoms with Crippen molar-refractivity contribution in [1.29, 1.82) is 0 Å². The van der Waals surface area contributed by atoms with Crippen molar-refractivity contribution in [2.24, 2.45) is 0 Å². The van der Waals surface area contributed by atoms with Crippen molar-refractivity contribution in [2.75, 3.05) is 5.32 Å². The summed E-state index contributed by atoms with van der Waals surface area (Å²) in [6, 6.07) is 2.17. The maximum Gasteiger partial charge on any atom is 0.221 e. The van der Waals surface area contributed by atoms with Gasteiger partial charge in [-0.3, -0.25) is 9.59 Å². The molecule has 5 heteroatoms. The van der Waals surface area contributed by atoms with E-state index in [2.05, 4.69) is 5.32 Å². The first kappa shape index (κ1) is 10.2. The highest BCUT2D eigenvalue weighted by Crippen LogP contribution is 2.28. The summed E-state index contributed by atoms with van der Waals surface area (Å²) in [6.45, 7) is 1.24. The van der Waals surface area contributed by atoms with Gasteiger partial charge in [0.2, 0.25) is 5.91 Å². The number of halogens is 1. The molecule has 0 bridgehead atoms. The predicted molar refractivity (Wildman–Crippen MR) is 47.8 cm³/mol. The summed E-state index contributed by atoms with van der Waals surface area (Å²) in [7, 11) is 0. The fourth-order valence-corrected chi connectivity index (χ4v) is 0.986. The van der Waals surface area contributed by atoms with Gasteiger partial charge in [0, 0.05) is 6.92 Å². The van der Waals surface area contributed by atoms with Gasteiger partial charge in [0.05, 0.1) is 11.3 Å². The van der Waals surface area contributed by atoms with E-state index in [9.17, 15) is 19.1 Å². The van der Waals surface area contributed by atoms with Crippen LogP contribution in [0, 0.1) is 5.82 Å². The molecule has 14 heavy (non-hydrogen) atoms. The molecule has 1 amide bonds. The van der Waals surface area contributed by atoms with Crippen LogP contribution in [-0.2, 0) is 4.79 Å². The summed E-state index contributed by atoms with van der Waals surface area (Å²) >= 11 is 0. The van der Waals surface area contributed by atoms with E-state index in [4.69, 9.17) is 0 Å². The minimum atomic E-state index is -0.827. The summed E-state index contributed by atoms with van der Waals surface area (Å²) < 4.78 is 12.9. The van der Waals surface area contributed by atoms with Crippen LogP contribution in [0.5, 0.6) is 5.75 Å². The maximum atomic E-state index is 12.9. The van der Waals surface area contributed by atoms with Gasteiger partial charge in [-0.15, -0.1) is 0 Å². The predicted octanol–water partition coefficient (Wildman–Crippen LogP) is 1.30. The van der Waals surface area contributed by atoms with Gasteiger partial charge in [-0.25, -0.2) is 4.39 Å². The van der Waals surface area contributed by atoms with E-state index in [1.54, 1.807) is 0 Å². The molecule has 1 aromatic carbocycles. The molecule has 0 aliphatic carbocycles. The van der Waals surface area contributed by atoms with E-state index in [0.717, 1.165) is 6.07 Å². The maximum absolute atomic E-state index is 12.9. The number of carbonyl (C=O) groups excluding carboxylic acids is 2. The van der Waals surface area contributed by atoms with Crippen molar-refractivity contribution in [1.82, 2.24) is 0 Å². The van der Waals surface area contributed by atoms with Crippen molar-refractivity contribution < 1.29 is 19.1 Å². The Morgan fingerprint density at radius 1 is 1.57 bits per heavy atom. The third-order valence-corrected chi connectivity index (χ3v) is 1.59. The molecule has 1 rings (SSSR count). The van der Waals surface area contributed by atoms with Gasteiger partial charge in [0.25, 0.3) is 0 Å². The van der Waals surface area contributed by atoms with Crippen molar-refractivity contribution in [3.63, 3.8) is 0 Å². The molecule has 0 aliphatic rings. The van der Waals surface area contributed by atoms with Crippen LogP contribution in [0.25, 0.3) is 0 Å². The molecule has 0 atom stereocenters. The average molecular weight is 197 g/mol. The molecule has 0 saturated carbocycles. The third kappa shape index (κ3) is 1.87. The van der Waals surface area contributed by atoms with Gasteiger partial charge in [-0.2, -0.15) is 0 Å². The number of aromatic hydroxyl groups is 1. The highest BCUT2D eigenvalue weighted by atomic mass is 19.1. The monoisotopic (exact) mass is 197 g/mol. The molecule has 1 aromatic rings. The van der Waals surface area contributed by atoms with Crippen molar-refractivity contribution >= 4 is 17.9 Å². The number of hydrogen-bond acceptors (Lipinski definition) is 3. The number of anilines is 1. The van der Waals surface area contributed by atoms with E-state index in [-0.39, 0.29) is 12.0 Å². The Morgan fingerprint density at radius 2 is 2.21 bits per heavy atom. The topological polar surface area (TPSA) is 66.4 Å². The van der Waals surface area contributed by atoms with Crippen LogP contribution in [0.15, 0.2) is 12.1 Å². The highest BCUT2D eigenvalue weighted by Gasteiger charge is 2.12. The number of phenols is 1. The van der Waals surface area contributed by atoms with E-state index in [1.807, 2.05) is 0 Å². The van der Waals surface area contributed by atoms with Gasteiger partial charge >= 0.3 is 0 Å². The molecule has 74 valence electrons. The van der Waals surface area contributed by atoms with Crippen molar-refractivity contribution in [2.45, 2.75) is 6.92 Å². The van der Waals surface area contributed by atoms with Gasteiger partial charge in [-0.05, 0) is 12.1 Å². The Morgan fingerprint density at radius 3 is 2.71 bits per heavy atom. The van der Waals surface area contributed by atoms with Crippen LogP contribution in [-0.4, -0.2) is 17.3 Å². The number of benzene rings is 1. The van der Waals surface area contributed by atoms with Crippen LogP contribution in [0.4, 0.5) is 10.1 Å². The Hall–Kier alpha value is -1.91. The zero-order valence-electron chi connectivity index (χ0n) is 7.37. The fraction of sp³-hybridized carbons (Fsp3) is 0.111. The largest absolute Gasteiger partial charge is 0.505 e. The molecular formula is C9H8FNO3. The number of amides is 1. The van der Waals surface area contributed by atoms with Crippen LogP contribution in [0.1, 0.15) is 17.3 Å². The Balaban J connectivity index is 3.20. The lowest BCUT2D eigenvalue weighted by molar-refractivity contribution is -0.114. The number of aldehydes is 1. The summed E-state index contributed by atoms with van der Waals surface area (Å²) in [5, 5.41) is 11.6. The normalized spacial score (nSPS) is 9.57. The molecule has 0 heterocycles. The van der Waals surface area contributed by atoms with Crippen LogP contribution in [0.2, 0.25) is 0 Å². The Bertz CT molecular complexity index is 390. The van der Waals surface area contributed by atoms with Gasteiger partial charge in [0.15, 0.2) is 12.0 Å². The molecule has 0 fully saturated rings. The first-order valence-corrected chi connectivity index (χ1v) is 3.80. The Labute approximate surface area is 79.4 Å². The minimum absolute atomic E-state index is 0.0148.